The molecule has 1 saturated carbocycles. The summed E-state index contributed by atoms with van der Waals surface area (Å²) in [6.45, 7) is 2.71. The Kier molecular flexibility index (Phi) is 4.29. The number of carboxylic acid groups (broad SMARTS) is 1. The van der Waals surface area contributed by atoms with Crippen LogP contribution in [-0.4, -0.2) is 57.3 Å². The number of hydrogen-bond acceptors (Lipinski definition) is 4. The third-order valence-electron chi connectivity index (χ3n) is 4.41. The smallest absolute Gasteiger partial charge is 0.317 e. The molecule has 0 bridgehead atoms. The lowest BCUT2D eigenvalue weighted by Gasteiger charge is -2.42. The van der Waals surface area contributed by atoms with E-state index in [2.05, 4.69) is 15.5 Å². The van der Waals surface area contributed by atoms with Gasteiger partial charge in [-0.3, -0.25) is 19.6 Å². The van der Waals surface area contributed by atoms with Crippen LogP contribution in [0.1, 0.15) is 30.1 Å². The maximum atomic E-state index is 12.3. The topological polar surface area (TPSA) is 98.3 Å². The fourth-order valence-electron chi connectivity index (χ4n) is 3.03. The van der Waals surface area contributed by atoms with Crippen molar-refractivity contribution in [1.29, 1.82) is 0 Å². The molecular weight excluding hydrogens is 296 g/mol. The molecule has 23 heavy (non-hydrogen) atoms. The number of benzene rings is 1. The molecule has 1 amide bonds. The first kappa shape index (κ1) is 15.5. The summed E-state index contributed by atoms with van der Waals surface area (Å²) in [5.74, 6) is -0.911. The fraction of sp³-hybridized carbons (Fsp3) is 0.438. The predicted octanol–water partition coefficient (Wildman–Crippen LogP) is 1.23. The Balaban J connectivity index is 1.54. The maximum absolute atomic E-state index is 12.3. The van der Waals surface area contributed by atoms with Gasteiger partial charge in [0.1, 0.15) is 0 Å². The van der Waals surface area contributed by atoms with Crippen molar-refractivity contribution in [3.63, 3.8) is 0 Å². The van der Waals surface area contributed by atoms with E-state index < -0.39 is 5.97 Å². The average molecular weight is 316 g/mol. The number of nitrogens with one attached hydrogen (secondary N) is 2. The molecule has 3 N–H and O–H groups in total. The SMILES string of the molecule is CCN(CC(=O)O)C1CC(NC(=O)c2ccc3[nH]ncc3c2)C1. The number of rotatable bonds is 6. The number of fused-ring (bicyclic) bond motifs is 1. The first-order chi connectivity index (χ1) is 11.1. The molecule has 0 unspecified atom stereocenters. The highest BCUT2D eigenvalue weighted by molar-refractivity contribution is 5.98. The van der Waals surface area contributed by atoms with E-state index in [0.717, 1.165) is 23.7 Å². The summed E-state index contributed by atoms with van der Waals surface area (Å²) in [5, 5.41) is 19.6. The van der Waals surface area contributed by atoms with E-state index in [-0.39, 0.29) is 24.5 Å². The summed E-state index contributed by atoms with van der Waals surface area (Å²) in [6.07, 6.45) is 3.28. The Bertz CT molecular complexity index is 721. The maximum Gasteiger partial charge on any atom is 0.317 e. The van der Waals surface area contributed by atoms with E-state index in [9.17, 15) is 9.59 Å². The first-order valence-corrected chi connectivity index (χ1v) is 7.76. The summed E-state index contributed by atoms with van der Waals surface area (Å²) in [6, 6.07) is 5.77. The van der Waals surface area contributed by atoms with Crippen LogP contribution >= 0.6 is 0 Å². The van der Waals surface area contributed by atoms with E-state index >= 15 is 0 Å². The van der Waals surface area contributed by atoms with Crippen LogP contribution in [0.2, 0.25) is 0 Å². The third kappa shape index (κ3) is 3.34. The Morgan fingerprint density at radius 3 is 2.91 bits per heavy atom. The summed E-state index contributed by atoms with van der Waals surface area (Å²) >= 11 is 0. The van der Waals surface area contributed by atoms with Crippen LogP contribution in [0.25, 0.3) is 10.9 Å². The molecule has 1 heterocycles. The molecule has 0 aliphatic heterocycles. The second-order valence-corrected chi connectivity index (χ2v) is 5.92. The standard InChI is InChI=1S/C16H20N4O3/c1-2-20(9-15(21)22)13-6-12(7-13)18-16(23)10-3-4-14-11(5-10)8-17-19-14/h3-5,8,12-13H,2,6-7,9H2,1H3,(H,17,19)(H,18,23)(H,21,22). The minimum atomic E-state index is -0.812. The summed E-state index contributed by atoms with van der Waals surface area (Å²) < 4.78 is 0. The number of likely N-dealkylation sites (N-methyl/N-ethyl adjacent to an activating group) is 1. The van der Waals surface area contributed by atoms with Crippen molar-refractivity contribution in [3.8, 4) is 0 Å². The molecule has 0 atom stereocenters. The van der Waals surface area contributed by atoms with Crippen molar-refractivity contribution in [2.24, 2.45) is 0 Å². The molecule has 0 saturated heterocycles. The molecule has 0 radical (unpaired) electrons. The average Bonchev–Trinajstić information content (AvgIpc) is 2.95. The van der Waals surface area contributed by atoms with Gasteiger partial charge in [-0.05, 0) is 37.6 Å². The number of H-pyrrole nitrogens is 1. The van der Waals surface area contributed by atoms with Crippen LogP contribution < -0.4 is 5.32 Å². The van der Waals surface area contributed by atoms with Crippen LogP contribution in [0.5, 0.6) is 0 Å². The van der Waals surface area contributed by atoms with E-state index in [1.54, 1.807) is 12.3 Å². The van der Waals surface area contributed by atoms with Crippen molar-refractivity contribution >= 4 is 22.8 Å². The zero-order valence-electron chi connectivity index (χ0n) is 13.0. The Morgan fingerprint density at radius 1 is 1.43 bits per heavy atom. The highest BCUT2D eigenvalue weighted by Gasteiger charge is 2.34. The molecule has 1 aliphatic rings. The molecule has 0 spiro atoms. The molecule has 3 rings (SSSR count). The number of aliphatic carboxylic acids is 1. The van der Waals surface area contributed by atoms with Gasteiger partial charge >= 0.3 is 5.97 Å². The second-order valence-electron chi connectivity index (χ2n) is 5.92. The number of carboxylic acids is 1. The molecule has 7 nitrogen and oxygen atoms in total. The van der Waals surface area contributed by atoms with Crippen LogP contribution in [0.4, 0.5) is 0 Å². The molecule has 7 heteroatoms. The van der Waals surface area contributed by atoms with Crippen LogP contribution in [-0.2, 0) is 4.79 Å². The van der Waals surface area contributed by atoms with Gasteiger partial charge in [0.15, 0.2) is 0 Å². The van der Waals surface area contributed by atoms with Crippen molar-refractivity contribution in [3.05, 3.63) is 30.0 Å². The first-order valence-electron chi connectivity index (χ1n) is 7.76. The molecule has 1 fully saturated rings. The number of hydrogen-bond donors (Lipinski definition) is 3. The van der Waals surface area contributed by atoms with Gasteiger partial charge in [-0.2, -0.15) is 5.10 Å². The fourth-order valence-corrected chi connectivity index (χ4v) is 3.03. The quantitative estimate of drug-likeness (QED) is 0.744. The van der Waals surface area contributed by atoms with Gasteiger partial charge in [0.25, 0.3) is 5.91 Å². The lowest BCUT2D eigenvalue weighted by molar-refractivity contribution is -0.139. The number of aromatic nitrogens is 2. The van der Waals surface area contributed by atoms with E-state index in [0.29, 0.717) is 12.1 Å². The summed E-state index contributed by atoms with van der Waals surface area (Å²) in [5.41, 5.74) is 1.51. The Labute approximate surface area is 133 Å². The molecule has 1 aliphatic carbocycles. The molecule has 1 aromatic carbocycles. The molecule has 1 aromatic heterocycles. The van der Waals surface area contributed by atoms with Crippen molar-refractivity contribution in [2.45, 2.75) is 31.8 Å². The van der Waals surface area contributed by atoms with E-state index in [1.165, 1.54) is 0 Å². The van der Waals surface area contributed by atoms with Crippen molar-refractivity contribution in [2.75, 3.05) is 13.1 Å². The van der Waals surface area contributed by atoms with Gasteiger partial charge in [0.05, 0.1) is 18.3 Å². The van der Waals surface area contributed by atoms with Gasteiger partial charge in [-0.25, -0.2) is 0 Å². The minimum Gasteiger partial charge on any atom is -0.480 e. The zero-order chi connectivity index (χ0) is 16.4. The van der Waals surface area contributed by atoms with Crippen LogP contribution in [0.3, 0.4) is 0 Å². The number of carbonyl (C=O) groups is 2. The second kappa shape index (κ2) is 6.37. The largest absolute Gasteiger partial charge is 0.480 e. The van der Waals surface area contributed by atoms with Gasteiger partial charge in [0, 0.05) is 23.0 Å². The lowest BCUT2D eigenvalue weighted by atomic mass is 9.85. The normalized spacial score (nSPS) is 20.4. The zero-order valence-corrected chi connectivity index (χ0v) is 13.0. The highest BCUT2D eigenvalue weighted by atomic mass is 16.4. The van der Waals surface area contributed by atoms with Crippen molar-refractivity contribution < 1.29 is 14.7 Å². The minimum absolute atomic E-state index is 0.0546. The monoisotopic (exact) mass is 316 g/mol. The summed E-state index contributed by atoms with van der Waals surface area (Å²) in [4.78, 5) is 25.0. The predicted molar refractivity (Wildman–Crippen MR) is 85.3 cm³/mol. The van der Waals surface area contributed by atoms with E-state index in [1.807, 2.05) is 24.0 Å². The molecule has 2 aromatic rings. The van der Waals surface area contributed by atoms with Crippen LogP contribution in [0, 0.1) is 0 Å². The van der Waals surface area contributed by atoms with Gasteiger partial charge < -0.3 is 10.4 Å². The number of carbonyl (C=O) groups excluding carboxylic acids is 1. The third-order valence-corrected chi connectivity index (χ3v) is 4.41. The Morgan fingerprint density at radius 2 is 2.22 bits per heavy atom. The van der Waals surface area contributed by atoms with Gasteiger partial charge in [-0.1, -0.05) is 6.92 Å². The number of aromatic amines is 1. The highest BCUT2D eigenvalue weighted by Crippen LogP contribution is 2.26. The Hall–Kier alpha value is -2.41. The molecular formula is C16H20N4O3. The van der Waals surface area contributed by atoms with Gasteiger partial charge in [0.2, 0.25) is 0 Å². The number of nitrogens with zero attached hydrogens (tertiary/aromatic N) is 2. The molecule has 122 valence electrons. The number of amides is 1. The van der Waals surface area contributed by atoms with Crippen LogP contribution in [0.15, 0.2) is 24.4 Å². The summed E-state index contributed by atoms with van der Waals surface area (Å²) in [7, 11) is 0. The van der Waals surface area contributed by atoms with Gasteiger partial charge in [-0.15, -0.1) is 0 Å². The van der Waals surface area contributed by atoms with E-state index in [4.69, 9.17) is 5.11 Å². The van der Waals surface area contributed by atoms with Crippen molar-refractivity contribution in [1.82, 2.24) is 20.4 Å². The lowest BCUT2D eigenvalue weighted by Crippen LogP contribution is -2.54.